The zero-order chi connectivity index (χ0) is 34.2. The Bertz CT molecular complexity index is 2920. The summed E-state index contributed by atoms with van der Waals surface area (Å²) in [7, 11) is 0. The van der Waals surface area contributed by atoms with E-state index in [4.69, 9.17) is 0 Å². The smallest absolute Gasteiger partial charge is 0.0714 e. The highest BCUT2D eigenvalue weighted by molar-refractivity contribution is 7.30. The molecule has 0 saturated heterocycles. The SMILES string of the molecule is c1ccc(N(c2ccc3c(c2)C(c2ccccc2)(c2ccccc2)c2ccccc2-3)c2cccc3c2sc2c3ccc3sc4ccccc4c32)cc1. The first-order chi connectivity index (χ1) is 25.8. The summed E-state index contributed by atoms with van der Waals surface area (Å²) in [5, 5.41) is 5.34. The molecule has 0 unspecified atom stereocenters. The lowest BCUT2D eigenvalue weighted by Gasteiger charge is -2.35. The lowest BCUT2D eigenvalue weighted by molar-refractivity contribution is 0.768. The third-order valence-electron chi connectivity index (χ3n) is 10.9. The number of hydrogen-bond donors (Lipinski definition) is 0. The maximum absolute atomic E-state index is 2.48. The second kappa shape index (κ2) is 11.5. The molecule has 0 N–H and O–H groups in total. The summed E-state index contributed by atoms with van der Waals surface area (Å²) in [5.74, 6) is 0. The van der Waals surface area contributed by atoms with Gasteiger partial charge in [0.05, 0.1) is 15.8 Å². The van der Waals surface area contributed by atoms with Crippen LogP contribution in [0.25, 0.3) is 51.5 Å². The van der Waals surface area contributed by atoms with E-state index in [1.807, 2.05) is 22.7 Å². The highest BCUT2D eigenvalue weighted by Gasteiger charge is 2.46. The first kappa shape index (κ1) is 29.7. The van der Waals surface area contributed by atoms with Gasteiger partial charge < -0.3 is 4.90 Å². The average molecular weight is 698 g/mol. The van der Waals surface area contributed by atoms with Gasteiger partial charge in [0.2, 0.25) is 0 Å². The van der Waals surface area contributed by atoms with Gasteiger partial charge in [0.1, 0.15) is 0 Å². The number of hydrogen-bond acceptors (Lipinski definition) is 3. The van der Waals surface area contributed by atoms with E-state index >= 15 is 0 Å². The lowest BCUT2D eigenvalue weighted by atomic mass is 9.67. The molecule has 1 aliphatic rings. The van der Waals surface area contributed by atoms with E-state index in [1.54, 1.807) is 0 Å². The monoisotopic (exact) mass is 697 g/mol. The van der Waals surface area contributed by atoms with Gasteiger partial charge in [-0.15, -0.1) is 22.7 Å². The Morgan fingerprint density at radius 3 is 1.81 bits per heavy atom. The fraction of sp³-hybridized carbons (Fsp3) is 0.0204. The molecule has 52 heavy (non-hydrogen) atoms. The Morgan fingerprint density at radius 2 is 1.02 bits per heavy atom. The van der Waals surface area contributed by atoms with Gasteiger partial charge in [0.25, 0.3) is 0 Å². The molecule has 0 amide bonds. The molecular formula is C49H31NS2. The average Bonchev–Trinajstić information content (AvgIpc) is 3.88. The number of thiophene rings is 2. The summed E-state index contributed by atoms with van der Waals surface area (Å²) in [6.45, 7) is 0. The summed E-state index contributed by atoms with van der Waals surface area (Å²) in [6.07, 6.45) is 0. The quantitative estimate of drug-likeness (QED) is 0.173. The fourth-order valence-electron chi connectivity index (χ4n) is 8.80. The first-order valence-electron chi connectivity index (χ1n) is 17.8. The van der Waals surface area contributed by atoms with Crippen molar-refractivity contribution in [2.24, 2.45) is 0 Å². The third-order valence-corrected chi connectivity index (χ3v) is 13.3. The normalized spacial score (nSPS) is 13.2. The molecule has 0 spiro atoms. The number of benzene rings is 8. The molecular weight excluding hydrogens is 667 g/mol. The van der Waals surface area contributed by atoms with Crippen LogP contribution in [-0.4, -0.2) is 0 Å². The molecule has 0 bridgehead atoms. The molecule has 0 fully saturated rings. The second-order valence-electron chi connectivity index (χ2n) is 13.6. The standard InChI is InChI=1S/C49H31NS2/c1-4-15-32(16-5-1)49(33-17-6-2-7-18-33)41-24-12-10-21-36(41)37-28-27-35(31-42(37)49)50(34-19-8-3-9-20-34)43-25-14-23-38-39-29-30-45-46(48(39)52-47(38)43)40-22-11-13-26-44(40)51-45/h1-31H. The van der Waals surface area contributed by atoms with Crippen LogP contribution in [0, 0.1) is 0 Å². The Balaban J connectivity index is 1.20. The maximum atomic E-state index is 2.48. The number of fused-ring (bicyclic) bond motifs is 10. The zero-order valence-corrected chi connectivity index (χ0v) is 29.8. The minimum Gasteiger partial charge on any atom is -0.309 e. The summed E-state index contributed by atoms with van der Waals surface area (Å²) < 4.78 is 5.35. The third kappa shape index (κ3) is 4.15. The van der Waals surface area contributed by atoms with Gasteiger partial charge in [-0.1, -0.05) is 146 Å². The van der Waals surface area contributed by atoms with E-state index in [1.165, 1.54) is 79.4 Å². The van der Waals surface area contributed by atoms with Crippen LogP contribution in [0.1, 0.15) is 22.3 Å². The Morgan fingerprint density at radius 1 is 0.385 bits per heavy atom. The van der Waals surface area contributed by atoms with Crippen LogP contribution in [0.2, 0.25) is 0 Å². The van der Waals surface area contributed by atoms with Crippen LogP contribution in [0.3, 0.4) is 0 Å². The molecule has 8 aromatic carbocycles. The molecule has 0 aliphatic heterocycles. The van der Waals surface area contributed by atoms with Gasteiger partial charge in [0.15, 0.2) is 0 Å². The maximum Gasteiger partial charge on any atom is 0.0714 e. The number of rotatable bonds is 5. The first-order valence-corrected chi connectivity index (χ1v) is 19.4. The van der Waals surface area contributed by atoms with Gasteiger partial charge in [0, 0.05) is 47.0 Å². The molecule has 0 radical (unpaired) electrons. The molecule has 1 nitrogen and oxygen atoms in total. The second-order valence-corrected chi connectivity index (χ2v) is 15.7. The van der Waals surface area contributed by atoms with Crippen LogP contribution in [0.15, 0.2) is 188 Å². The van der Waals surface area contributed by atoms with Crippen molar-refractivity contribution in [3.8, 4) is 11.1 Å². The van der Waals surface area contributed by atoms with E-state index in [0.29, 0.717) is 0 Å². The zero-order valence-electron chi connectivity index (χ0n) is 28.2. The molecule has 3 heteroatoms. The van der Waals surface area contributed by atoms with Crippen LogP contribution < -0.4 is 4.90 Å². The number of anilines is 3. The minimum atomic E-state index is -0.470. The highest BCUT2D eigenvalue weighted by atomic mass is 32.1. The molecule has 1 aliphatic carbocycles. The van der Waals surface area contributed by atoms with Crippen LogP contribution >= 0.6 is 22.7 Å². The number of para-hydroxylation sites is 1. The van der Waals surface area contributed by atoms with Crippen molar-refractivity contribution in [2.45, 2.75) is 5.41 Å². The Labute approximate surface area is 310 Å². The summed E-state index contributed by atoms with van der Waals surface area (Å²) >= 11 is 3.82. The summed E-state index contributed by atoms with van der Waals surface area (Å²) in [5.41, 5.74) is 10.8. The molecule has 0 atom stereocenters. The predicted molar refractivity (Wildman–Crippen MR) is 224 cm³/mol. The molecule has 244 valence electrons. The van der Waals surface area contributed by atoms with Crippen LogP contribution in [0.5, 0.6) is 0 Å². The topological polar surface area (TPSA) is 3.24 Å². The van der Waals surface area contributed by atoms with Gasteiger partial charge in [-0.25, -0.2) is 0 Å². The largest absolute Gasteiger partial charge is 0.309 e. The van der Waals surface area contributed by atoms with E-state index in [9.17, 15) is 0 Å². The summed E-state index contributed by atoms with van der Waals surface area (Å²) in [4.78, 5) is 2.48. The van der Waals surface area contributed by atoms with Crippen molar-refractivity contribution >= 4 is 80.1 Å². The highest BCUT2D eigenvalue weighted by Crippen LogP contribution is 2.57. The van der Waals surface area contributed by atoms with E-state index < -0.39 is 5.41 Å². The van der Waals surface area contributed by atoms with Crippen LogP contribution in [-0.2, 0) is 5.41 Å². The van der Waals surface area contributed by atoms with Crippen molar-refractivity contribution in [2.75, 3.05) is 4.90 Å². The molecule has 0 saturated carbocycles. The molecule has 11 rings (SSSR count). The van der Waals surface area contributed by atoms with Gasteiger partial charge in [-0.3, -0.25) is 0 Å². The van der Waals surface area contributed by atoms with Crippen molar-refractivity contribution in [1.29, 1.82) is 0 Å². The molecule has 2 heterocycles. The predicted octanol–water partition coefficient (Wildman–Crippen LogP) is 14.3. The Kier molecular flexibility index (Phi) is 6.57. The van der Waals surface area contributed by atoms with Crippen molar-refractivity contribution < 1.29 is 0 Å². The van der Waals surface area contributed by atoms with Crippen LogP contribution in [0.4, 0.5) is 17.1 Å². The van der Waals surface area contributed by atoms with Crippen molar-refractivity contribution in [3.05, 3.63) is 210 Å². The molecule has 10 aromatic rings. The van der Waals surface area contributed by atoms with Gasteiger partial charge in [-0.2, -0.15) is 0 Å². The summed E-state index contributed by atoms with van der Waals surface area (Å²) in [6, 6.07) is 69.5. The Hall–Kier alpha value is -6.00. The van der Waals surface area contributed by atoms with E-state index in [0.717, 1.165) is 11.4 Å². The van der Waals surface area contributed by atoms with E-state index in [2.05, 4.69) is 193 Å². The lowest BCUT2D eigenvalue weighted by Crippen LogP contribution is -2.28. The van der Waals surface area contributed by atoms with E-state index in [-0.39, 0.29) is 0 Å². The van der Waals surface area contributed by atoms with Crippen molar-refractivity contribution in [1.82, 2.24) is 0 Å². The molecule has 2 aromatic heterocycles. The fourth-order valence-corrected chi connectivity index (χ4v) is 11.3. The minimum absolute atomic E-state index is 0.470. The number of nitrogens with zero attached hydrogens (tertiary/aromatic N) is 1. The van der Waals surface area contributed by atoms with Gasteiger partial charge in [-0.05, 0) is 75.8 Å². The van der Waals surface area contributed by atoms with Gasteiger partial charge >= 0.3 is 0 Å². The van der Waals surface area contributed by atoms with Crippen molar-refractivity contribution in [3.63, 3.8) is 0 Å².